The fourth-order valence-electron chi connectivity index (χ4n) is 2.91. The quantitative estimate of drug-likeness (QED) is 0.712. The number of rotatable bonds is 7. The lowest BCUT2D eigenvalue weighted by molar-refractivity contribution is 0.0232. The van der Waals surface area contributed by atoms with Gasteiger partial charge in [-0.15, -0.1) is 0 Å². The van der Waals surface area contributed by atoms with E-state index < -0.39 is 0 Å². The molecule has 1 atom stereocenters. The maximum absolute atomic E-state index is 12.3. The highest BCUT2D eigenvalue weighted by Gasteiger charge is 2.33. The lowest BCUT2D eigenvalue weighted by Gasteiger charge is -2.37. The molecule has 0 unspecified atom stereocenters. The molecule has 5 heteroatoms. The molecule has 0 bridgehead atoms. The van der Waals surface area contributed by atoms with Crippen molar-refractivity contribution in [2.45, 2.75) is 38.3 Å². The molecule has 0 spiro atoms. The van der Waals surface area contributed by atoms with Crippen LogP contribution in [0, 0.1) is 5.92 Å². The second-order valence-corrected chi connectivity index (χ2v) is 6.07. The minimum atomic E-state index is -0.197. The monoisotopic (exact) mass is 306 g/mol. The molecule has 1 amide bonds. The number of carbonyl (C=O) groups excluding carboxylic acids is 1. The first-order valence-corrected chi connectivity index (χ1v) is 7.96. The van der Waals surface area contributed by atoms with Gasteiger partial charge < -0.3 is 20.4 Å². The van der Waals surface area contributed by atoms with Crippen LogP contribution in [0.4, 0.5) is 5.69 Å². The van der Waals surface area contributed by atoms with Crippen LogP contribution in [0.3, 0.4) is 0 Å². The van der Waals surface area contributed by atoms with Crippen LogP contribution in [0.25, 0.3) is 0 Å². The molecule has 0 saturated heterocycles. The SMILES string of the molecule is CC[C@@H](NC(=O)c1ccc(N(C)CCO)cc1)C1CC(O)C1. The van der Waals surface area contributed by atoms with Crippen molar-refractivity contribution in [1.29, 1.82) is 0 Å². The third-order valence-corrected chi connectivity index (χ3v) is 4.48. The number of aliphatic hydroxyl groups excluding tert-OH is 2. The molecule has 1 saturated carbocycles. The van der Waals surface area contributed by atoms with E-state index in [9.17, 15) is 9.90 Å². The molecular weight excluding hydrogens is 280 g/mol. The number of benzene rings is 1. The third kappa shape index (κ3) is 3.99. The molecule has 0 heterocycles. The average Bonchev–Trinajstić information content (AvgIpc) is 2.50. The van der Waals surface area contributed by atoms with Gasteiger partial charge in [0.1, 0.15) is 0 Å². The Morgan fingerprint density at radius 2 is 2.00 bits per heavy atom. The number of nitrogens with zero attached hydrogens (tertiary/aromatic N) is 1. The van der Waals surface area contributed by atoms with Crippen LogP contribution in [0.5, 0.6) is 0 Å². The van der Waals surface area contributed by atoms with Crippen molar-refractivity contribution >= 4 is 11.6 Å². The van der Waals surface area contributed by atoms with Gasteiger partial charge in [0.2, 0.25) is 0 Å². The Labute approximate surface area is 131 Å². The molecule has 1 aromatic rings. The standard InChI is InChI=1S/C17H26N2O3/c1-3-16(13-10-15(21)11-13)18-17(22)12-4-6-14(7-5-12)19(2)8-9-20/h4-7,13,15-16,20-21H,3,8-11H2,1-2H3,(H,18,22)/t13?,15?,16-/m1/s1. The van der Waals surface area contributed by atoms with Crippen molar-refractivity contribution in [3.63, 3.8) is 0 Å². The van der Waals surface area contributed by atoms with Gasteiger partial charge in [-0.1, -0.05) is 6.92 Å². The van der Waals surface area contributed by atoms with E-state index >= 15 is 0 Å². The molecule has 22 heavy (non-hydrogen) atoms. The van der Waals surface area contributed by atoms with E-state index in [-0.39, 0.29) is 24.7 Å². The second-order valence-electron chi connectivity index (χ2n) is 6.07. The summed E-state index contributed by atoms with van der Waals surface area (Å²) >= 11 is 0. The van der Waals surface area contributed by atoms with Gasteiger partial charge in [0, 0.05) is 30.9 Å². The normalized spacial score (nSPS) is 21.8. The number of amides is 1. The topological polar surface area (TPSA) is 72.8 Å². The lowest BCUT2D eigenvalue weighted by Crippen LogP contribution is -2.46. The summed E-state index contributed by atoms with van der Waals surface area (Å²) in [5.74, 6) is 0.323. The number of anilines is 1. The first-order chi connectivity index (χ1) is 10.5. The number of hydrogen-bond acceptors (Lipinski definition) is 4. The Morgan fingerprint density at radius 1 is 1.36 bits per heavy atom. The largest absolute Gasteiger partial charge is 0.395 e. The zero-order valence-corrected chi connectivity index (χ0v) is 13.3. The highest BCUT2D eigenvalue weighted by atomic mass is 16.3. The van der Waals surface area contributed by atoms with E-state index in [1.54, 1.807) is 12.1 Å². The Bertz CT molecular complexity index is 483. The number of hydrogen-bond donors (Lipinski definition) is 3. The first-order valence-electron chi connectivity index (χ1n) is 7.96. The fraction of sp³-hybridized carbons (Fsp3) is 0.588. The van der Waals surface area contributed by atoms with Crippen LogP contribution >= 0.6 is 0 Å². The van der Waals surface area contributed by atoms with E-state index in [1.165, 1.54) is 0 Å². The third-order valence-electron chi connectivity index (χ3n) is 4.48. The zero-order chi connectivity index (χ0) is 16.1. The molecule has 1 aliphatic rings. The van der Waals surface area contributed by atoms with Crippen molar-refractivity contribution in [3.8, 4) is 0 Å². The van der Waals surface area contributed by atoms with E-state index in [0.29, 0.717) is 18.0 Å². The van der Waals surface area contributed by atoms with Gasteiger partial charge in [-0.2, -0.15) is 0 Å². The summed E-state index contributed by atoms with van der Waals surface area (Å²) in [6.45, 7) is 2.72. The molecule has 1 aliphatic carbocycles. The van der Waals surface area contributed by atoms with Crippen LogP contribution in [-0.2, 0) is 0 Å². The van der Waals surface area contributed by atoms with Crippen molar-refractivity contribution in [3.05, 3.63) is 29.8 Å². The number of likely N-dealkylation sites (N-methyl/N-ethyl adjacent to an activating group) is 1. The molecule has 0 radical (unpaired) electrons. The minimum Gasteiger partial charge on any atom is -0.395 e. The van der Waals surface area contributed by atoms with Gasteiger partial charge in [0.05, 0.1) is 12.7 Å². The van der Waals surface area contributed by atoms with Gasteiger partial charge in [-0.05, 0) is 49.4 Å². The Morgan fingerprint density at radius 3 is 2.50 bits per heavy atom. The molecule has 1 aromatic carbocycles. The van der Waals surface area contributed by atoms with E-state index in [1.807, 2.05) is 24.1 Å². The highest BCUT2D eigenvalue weighted by molar-refractivity contribution is 5.94. The number of carbonyl (C=O) groups is 1. The van der Waals surface area contributed by atoms with E-state index in [0.717, 1.165) is 24.9 Å². The van der Waals surface area contributed by atoms with Crippen LogP contribution < -0.4 is 10.2 Å². The zero-order valence-electron chi connectivity index (χ0n) is 13.3. The molecule has 5 nitrogen and oxygen atoms in total. The van der Waals surface area contributed by atoms with Crippen molar-refractivity contribution in [2.24, 2.45) is 5.92 Å². The molecule has 3 N–H and O–H groups in total. The van der Waals surface area contributed by atoms with E-state index in [4.69, 9.17) is 5.11 Å². The smallest absolute Gasteiger partial charge is 0.251 e. The molecule has 0 aliphatic heterocycles. The second kappa shape index (κ2) is 7.61. The van der Waals surface area contributed by atoms with Crippen molar-refractivity contribution in [2.75, 3.05) is 25.1 Å². The summed E-state index contributed by atoms with van der Waals surface area (Å²) in [5, 5.41) is 21.4. The van der Waals surface area contributed by atoms with Gasteiger partial charge in [-0.25, -0.2) is 0 Å². The van der Waals surface area contributed by atoms with Gasteiger partial charge >= 0.3 is 0 Å². The van der Waals surface area contributed by atoms with Crippen molar-refractivity contribution in [1.82, 2.24) is 5.32 Å². The summed E-state index contributed by atoms with van der Waals surface area (Å²) in [6, 6.07) is 7.52. The van der Waals surface area contributed by atoms with Gasteiger partial charge in [-0.3, -0.25) is 4.79 Å². The van der Waals surface area contributed by atoms with E-state index in [2.05, 4.69) is 12.2 Å². The summed E-state index contributed by atoms with van der Waals surface area (Å²) in [4.78, 5) is 14.3. The molecule has 1 fully saturated rings. The van der Waals surface area contributed by atoms with Crippen LogP contribution in [-0.4, -0.2) is 48.5 Å². The number of aliphatic hydroxyl groups is 2. The minimum absolute atomic E-state index is 0.0652. The summed E-state index contributed by atoms with van der Waals surface area (Å²) < 4.78 is 0. The fourth-order valence-corrected chi connectivity index (χ4v) is 2.91. The predicted molar refractivity (Wildman–Crippen MR) is 87.1 cm³/mol. The Hall–Kier alpha value is -1.59. The Kier molecular flexibility index (Phi) is 5.80. The highest BCUT2D eigenvalue weighted by Crippen LogP contribution is 2.31. The maximum atomic E-state index is 12.3. The van der Waals surface area contributed by atoms with Crippen LogP contribution in [0.2, 0.25) is 0 Å². The first kappa shape index (κ1) is 16.8. The van der Waals surface area contributed by atoms with Crippen LogP contribution in [0.15, 0.2) is 24.3 Å². The summed E-state index contributed by atoms with van der Waals surface area (Å²) in [6.07, 6.45) is 2.24. The molecule has 122 valence electrons. The predicted octanol–water partition coefficient (Wildman–Crippen LogP) is 1.39. The summed E-state index contributed by atoms with van der Waals surface area (Å²) in [5.41, 5.74) is 1.61. The molecule has 0 aromatic heterocycles. The Balaban J connectivity index is 1.94. The van der Waals surface area contributed by atoms with Gasteiger partial charge in [0.15, 0.2) is 0 Å². The summed E-state index contributed by atoms with van der Waals surface area (Å²) in [7, 11) is 1.90. The van der Waals surface area contributed by atoms with Gasteiger partial charge in [0.25, 0.3) is 5.91 Å². The molecule has 2 rings (SSSR count). The van der Waals surface area contributed by atoms with Crippen LogP contribution in [0.1, 0.15) is 36.5 Å². The lowest BCUT2D eigenvalue weighted by atomic mass is 9.76. The average molecular weight is 306 g/mol. The molecular formula is C17H26N2O3. The number of nitrogens with one attached hydrogen (secondary N) is 1. The maximum Gasteiger partial charge on any atom is 0.251 e. The van der Waals surface area contributed by atoms with Crippen molar-refractivity contribution < 1.29 is 15.0 Å².